The van der Waals surface area contributed by atoms with E-state index in [0.29, 0.717) is 36.3 Å². The number of carbonyl (C=O) groups excluding carboxylic acids is 2. The van der Waals surface area contributed by atoms with Crippen molar-refractivity contribution in [1.29, 1.82) is 0 Å². The molecule has 2 aromatic carbocycles. The highest BCUT2D eigenvalue weighted by atomic mass is 19.1. The maximum absolute atomic E-state index is 12.9. The summed E-state index contributed by atoms with van der Waals surface area (Å²) in [7, 11) is 0. The molecule has 2 aromatic rings. The van der Waals surface area contributed by atoms with E-state index in [1.807, 2.05) is 13.0 Å². The summed E-state index contributed by atoms with van der Waals surface area (Å²) in [5, 5.41) is 5.52. The fraction of sp³-hybridized carbons (Fsp3) is 0.222. The van der Waals surface area contributed by atoms with Crippen LogP contribution in [0.3, 0.4) is 0 Å². The third kappa shape index (κ3) is 4.89. The molecule has 2 rings (SSSR count). The van der Waals surface area contributed by atoms with Crippen LogP contribution in [0.4, 0.5) is 15.8 Å². The molecule has 0 atom stereocenters. The zero-order valence-corrected chi connectivity index (χ0v) is 13.4. The number of nitrogens with two attached hydrogens (primary N) is 1. The van der Waals surface area contributed by atoms with E-state index in [2.05, 4.69) is 10.6 Å². The summed E-state index contributed by atoms with van der Waals surface area (Å²) in [5.74, 6) is -0.950. The Balaban J connectivity index is 2.15. The molecular formula is C18H20FN3O2. The van der Waals surface area contributed by atoms with Crippen molar-refractivity contribution in [2.75, 3.05) is 17.2 Å². The Morgan fingerprint density at radius 2 is 1.75 bits per heavy atom. The van der Waals surface area contributed by atoms with Gasteiger partial charge in [-0.05, 0) is 61.9 Å². The molecule has 0 spiro atoms. The summed E-state index contributed by atoms with van der Waals surface area (Å²) in [6, 6.07) is 10.6. The molecule has 0 heterocycles. The third-order valence-electron chi connectivity index (χ3n) is 3.41. The van der Waals surface area contributed by atoms with E-state index in [0.717, 1.165) is 5.56 Å². The van der Waals surface area contributed by atoms with Crippen LogP contribution < -0.4 is 16.4 Å². The zero-order chi connectivity index (χ0) is 17.5. The van der Waals surface area contributed by atoms with Gasteiger partial charge in [0, 0.05) is 12.0 Å². The topological polar surface area (TPSA) is 84.2 Å². The number of aryl methyl sites for hydroxylation is 1. The van der Waals surface area contributed by atoms with Crippen LogP contribution in [0.1, 0.15) is 28.8 Å². The molecule has 4 N–H and O–H groups in total. The Bertz CT molecular complexity index is 730. The Kier molecular flexibility index (Phi) is 6.03. The molecule has 0 unspecified atom stereocenters. The fourth-order valence-corrected chi connectivity index (χ4v) is 2.14. The minimum Gasteiger partial charge on any atom is -0.330 e. The second-order valence-electron chi connectivity index (χ2n) is 5.45. The quantitative estimate of drug-likeness (QED) is 0.761. The first-order chi connectivity index (χ1) is 11.5. The summed E-state index contributed by atoms with van der Waals surface area (Å²) < 4.78 is 12.9. The first kappa shape index (κ1) is 17.6. The van der Waals surface area contributed by atoms with E-state index in [4.69, 9.17) is 5.73 Å². The van der Waals surface area contributed by atoms with E-state index in [-0.39, 0.29) is 11.8 Å². The molecular weight excluding hydrogens is 309 g/mol. The molecule has 5 nitrogen and oxygen atoms in total. The van der Waals surface area contributed by atoms with E-state index < -0.39 is 5.82 Å². The maximum atomic E-state index is 12.9. The Hall–Kier alpha value is -2.73. The van der Waals surface area contributed by atoms with Crippen LogP contribution in [0.2, 0.25) is 0 Å². The van der Waals surface area contributed by atoms with Crippen LogP contribution in [0.5, 0.6) is 0 Å². The third-order valence-corrected chi connectivity index (χ3v) is 3.41. The second kappa shape index (κ2) is 8.21. The highest BCUT2D eigenvalue weighted by Gasteiger charge is 2.11. The van der Waals surface area contributed by atoms with Crippen LogP contribution in [0.15, 0.2) is 42.5 Å². The maximum Gasteiger partial charge on any atom is 0.255 e. The van der Waals surface area contributed by atoms with Gasteiger partial charge in [-0.15, -0.1) is 0 Å². The molecule has 0 aliphatic heterocycles. The van der Waals surface area contributed by atoms with E-state index in [1.54, 1.807) is 12.1 Å². The highest BCUT2D eigenvalue weighted by Crippen LogP contribution is 2.24. The number of rotatable bonds is 6. The Labute approximate surface area is 140 Å². The molecule has 0 bridgehead atoms. The Morgan fingerprint density at radius 1 is 1.04 bits per heavy atom. The smallest absolute Gasteiger partial charge is 0.255 e. The van der Waals surface area contributed by atoms with Crippen molar-refractivity contribution in [1.82, 2.24) is 0 Å². The fourth-order valence-electron chi connectivity index (χ4n) is 2.14. The number of benzene rings is 2. The van der Waals surface area contributed by atoms with Gasteiger partial charge in [-0.3, -0.25) is 9.59 Å². The van der Waals surface area contributed by atoms with Crippen LogP contribution in [-0.4, -0.2) is 18.4 Å². The normalized spacial score (nSPS) is 10.3. The molecule has 0 radical (unpaired) electrons. The lowest BCUT2D eigenvalue weighted by atomic mass is 10.1. The molecule has 0 aromatic heterocycles. The summed E-state index contributed by atoms with van der Waals surface area (Å²) in [6.45, 7) is 2.33. The van der Waals surface area contributed by atoms with Gasteiger partial charge in [0.15, 0.2) is 0 Å². The van der Waals surface area contributed by atoms with Crippen LogP contribution >= 0.6 is 0 Å². The standard InChI is InChI=1S/C18H20FN3O2/c1-12-4-9-15(16(11-12)21-17(23)3-2-10-20)22-18(24)13-5-7-14(19)8-6-13/h4-9,11H,2-3,10,20H2,1H3,(H,21,23)(H,22,24). The van der Waals surface area contributed by atoms with Gasteiger partial charge in [-0.1, -0.05) is 6.07 Å². The number of hydrogen-bond acceptors (Lipinski definition) is 3. The number of carbonyl (C=O) groups is 2. The minimum absolute atomic E-state index is 0.164. The Morgan fingerprint density at radius 3 is 2.42 bits per heavy atom. The number of hydrogen-bond donors (Lipinski definition) is 3. The van der Waals surface area contributed by atoms with E-state index >= 15 is 0 Å². The van der Waals surface area contributed by atoms with Gasteiger partial charge in [0.2, 0.25) is 5.91 Å². The lowest BCUT2D eigenvalue weighted by Gasteiger charge is -2.13. The first-order valence-electron chi connectivity index (χ1n) is 7.67. The van der Waals surface area contributed by atoms with Crippen LogP contribution in [0, 0.1) is 12.7 Å². The van der Waals surface area contributed by atoms with Crippen molar-refractivity contribution in [2.24, 2.45) is 5.73 Å². The monoisotopic (exact) mass is 329 g/mol. The average Bonchev–Trinajstić information content (AvgIpc) is 2.56. The van der Waals surface area contributed by atoms with Crippen molar-refractivity contribution in [2.45, 2.75) is 19.8 Å². The van der Waals surface area contributed by atoms with Crippen molar-refractivity contribution < 1.29 is 14.0 Å². The van der Waals surface area contributed by atoms with Gasteiger partial charge >= 0.3 is 0 Å². The zero-order valence-electron chi connectivity index (χ0n) is 13.4. The van der Waals surface area contributed by atoms with Gasteiger partial charge in [-0.25, -0.2) is 4.39 Å². The van der Waals surface area contributed by atoms with Gasteiger partial charge in [0.1, 0.15) is 5.82 Å². The summed E-state index contributed by atoms with van der Waals surface area (Å²) in [6.07, 6.45) is 0.907. The lowest BCUT2D eigenvalue weighted by molar-refractivity contribution is -0.116. The molecule has 0 aliphatic carbocycles. The molecule has 0 saturated heterocycles. The van der Waals surface area contributed by atoms with E-state index in [1.165, 1.54) is 24.3 Å². The molecule has 2 amide bonds. The molecule has 24 heavy (non-hydrogen) atoms. The van der Waals surface area contributed by atoms with Gasteiger partial charge < -0.3 is 16.4 Å². The van der Waals surface area contributed by atoms with Crippen molar-refractivity contribution in [3.05, 3.63) is 59.4 Å². The first-order valence-corrected chi connectivity index (χ1v) is 7.67. The number of amides is 2. The lowest BCUT2D eigenvalue weighted by Crippen LogP contribution is -2.17. The second-order valence-corrected chi connectivity index (χ2v) is 5.45. The summed E-state index contributed by atoms with van der Waals surface area (Å²) in [4.78, 5) is 24.2. The summed E-state index contributed by atoms with van der Waals surface area (Å²) >= 11 is 0. The predicted octanol–water partition coefficient (Wildman–Crippen LogP) is 3.06. The minimum atomic E-state index is -0.408. The molecule has 0 aliphatic rings. The van der Waals surface area contributed by atoms with Crippen LogP contribution in [-0.2, 0) is 4.79 Å². The molecule has 0 saturated carbocycles. The summed E-state index contributed by atoms with van der Waals surface area (Å²) in [5.41, 5.74) is 7.68. The number of nitrogens with one attached hydrogen (secondary N) is 2. The van der Waals surface area contributed by atoms with Gasteiger partial charge in [0.05, 0.1) is 11.4 Å². The SMILES string of the molecule is Cc1ccc(NC(=O)c2ccc(F)cc2)c(NC(=O)CCCN)c1. The molecule has 0 fully saturated rings. The van der Waals surface area contributed by atoms with Gasteiger partial charge in [-0.2, -0.15) is 0 Å². The van der Waals surface area contributed by atoms with Crippen molar-refractivity contribution in [3.8, 4) is 0 Å². The molecule has 6 heteroatoms. The molecule has 126 valence electrons. The van der Waals surface area contributed by atoms with Crippen molar-refractivity contribution in [3.63, 3.8) is 0 Å². The largest absolute Gasteiger partial charge is 0.330 e. The van der Waals surface area contributed by atoms with Gasteiger partial charge in [0.25, 0.3) is 5.91 Å². The van der Waals surface area contributed by atoms with Crippen molar-refractivity contribution >= 4 is 23.2 Å². The van der Waals surface area contributed by atoms with Crippen LogP contribution in [0.25, 0.3) is 0 Å². The predicted molar refractivity (Wildman–Crippen MR) is 92.5 cm³/mol. The average molecular weight is 329 g/mol. The van der Waals surface area contributed by atoms with E-state index in [9.17, 15) is 14.0 Å². The highest BCUT2D eigenvalue weighted by molar-refractivity contribution is 6.07. The number of halogens is 1. The number of anilines is 2.